The number of nitrogens with zero attached hydrogens (tertiary/aromatic N) is 1. The highest BCUT2D eigenvalue weighted by atomic mass is 32.2. The molecule has 3 rings (SSSR count). The van der Waals surface area contributed by atoms with Crippen molar-refractivity contribution in [3.8, 4) is 0 Å². The third-order valence-electron chi connectivity index (χ3n) is 4.86. The molecule has 0 spiro atoms. The van der Waals surface area contributed by atoms with Crippen molar-refractivity contribution >= 4 is 23.6 Å². The quantitative estimate of drug-likeness (QED) is 0.892. The molecule has 5 heteroatoms. The lowest BCUT2D eigenvalue weighted by Crippen LogP contribution is -2.48. The number of rotatable bonds is 5. The molecule has 24 heavy (non-hydrogen) atoms. The normalized spacial score (nSPS) is 21.7. The highest BCUT2D eigenvalue weighted by Gasteiger charge is 2.30. The lowest BCUT2D eigenvalue weighted by Gasteiger charge is -2.33. The summed E-state index contributed by atoms with van der Waals surface area (Å²) in [6.45, 7) is 1.55. The van der Waals surface area contributed by atoms with Crippen LogP contribution in [-0.4, -0.2) is 46.8 Å². The first kappa shape index (κ1) is 17.3. The fourth-order valence-corrected chi connectivity index (χ4v) is 4.67. The van der Waals surface area contributed by atoms with Gasteiger partial charge in [-0.3, -0.25) is 9.59 Å². The van der Waals surface area contributed by atoms with Crippen LogP contribution in [0.1, 0.15) is 37.7 Å². The zero-order valence-electron chi connectivity index (χ0n) is 14.1. The molecule has 0 unspecified atom stereocenters. The lowest BCUT2D eigenvalue weighted by molar-refractivity contribution is -0.131. The first-order valence-electron chi connectivity index (χ1n) is 8.96. The third-order valence-corrected chi connectivity index (χ3v) is 6.22. The summed E-state index contributed by atoms with van der Waals surface area (Å²) >= 11 is 1.80. The van der Waals surface area contributed by atoms with Gasteiger partial charge in [0.1, 0.15) is 0 Å². The van der Waals surface area contributed by atoms with Crippen molar-refractivity contribution in [1.82, 2.24) is 10.2 Å². The maximum Gasteiger partial charge on any atom is 0.235 e. The molecular formula is C19H26N2O2S. The van der Waals surface area contributed by atoms with E-state index < -0.39 is 0 Å². The van der Waals surface area contributed by atoms with E-state index in [1.807, 2.05) is 23.1 Å². The number of hydrogen-bond acceptors (Lipinski definition) is 3. The molecule has 1 atom stereocenters. The van der Waals surface area contributed by atoms with Crippen LogP contribution in [0.2, 0.25) is 0 Å². The average Bonchev–Trinajstić information content (AvgIpc) is 3.16. The van der Waals surface area contributed by atoms with Gasteiger partial charge >= 0.3 is 0 Å². The number of hydrogen-bond donors (Lipinski definition) is 1. The van der Waals surface area contributed by atoms with Crippen LogP contribution in [0.5, 0.6) is 0 Å². The molecule has 4 nitrogen and oxygen atoms in total. The van der Waals surface area contributed by atoms with E-state index in [0.29, 0.717) is 12.3 Å². The average molecular weight is 346 g/mol. The van der Waals surface area contributed by atoms with Crippen LogP contribution in [0.15, 0.2) is 30.3 Å². The first-order valence-corrected chi connectivity index (χ1v) is 10.0. The number of likely N-dealkylation sites (tertiary alicyclic amines) is 1. The Balaban J connectivity index is 1.37. The summed E-state index contributed by atoms with van der Waals surface area (Å²) in [6.07, 6.45) is 5.25. The SMILES string of the molecule is O=C(CCc1ccccc1)NC1CCN(C(=O)[C@H]2CCCS2)CC1. The van der Waals surface area contributed by atoms with Crippen LogP contribution in [0.4, 0.5) is 0 Å². The van der Waals surface area contributed by atoms with E-state index in [1.54, 1.807) is 11.8 Å². The van der Waals surface area contributed by atoms with Crippen molar-refractivity contribution in [3.05, 3.63) is 35.9 Å². The standard InChI is InChI=1S/C19H26N2O2S/c22-18(9-8-15-5-2-1-3-6-15)20-16-10-12-21(13-11-16)19(23)17-7-4-14-24-17/h1-3,5-6,16-17H,4,7-14H2,(H,20,22)/t17-/m1/s1. The van der Waals surface area contributed by atoms with Crippen LogP contribution in [0.3, 0.4) is 0 Å². The zero-order chi connectivity index (χ0) is 16.8. The number of nitrogens with one attached hydrogen (secondary N) is 1. The van der Waals surface area contributed by atoms with Crippen LogP contribution < -0.4 is 5.32 Å². The van der Waals surface area contributed by atoms with Gasteiger partial charge < -0.3 is 10.2 Å². The number of benzene rings is 1. The van der Waals surface area contributed by atoms with E-state index in [4.69, 9.17) is 0 Å². The van der Waals surface area contributed by atoms with Gasteiger partial charge in [0.05, 0.1) is 5.25 Å². The molecule has 1 N–H and O–H groups in total. The predicted octanol–water partition coefficient (Wildman–Crippen LogP) is 2.62. The Morgan fingerprint density at radius 2 is 1.88 bits per heavy atom. The first-order chi connectivity index (χ1) is 11.7. The number of carbonyl (C=O) groups excluding carboxylic acids is 2. The van der Waals surface area contributed by atoms with Crippen molar-refractivity contribution in [2.75, 3.05) is 18.8 Å². The monoisotopic (exact) mass is 346 g/mol. The minimum Gasteiger partial charge on any atom is -0.353 e. The summed E-state index contributed by atoms with van der Waals surface area (Å²) in [7, 11) is 0. The van der Waals surface area contributed by atoms with Crippen LogP contribution in [-0.2, 0) is 16.0 Å². The second-order valence-corrected chi connectivity index (χ2v) is 7.96. The molecule has 1 aromatic carbocycles. The minimum atomic E-state index is 0.120. The number of piperidine rings is 1. The van der Waals surface area contributed by atoms with Gasteiger partial charge in [-0.2, -0.15) is 0 Å². The Morgan fingerprint density at radius 1 is 1.12 bits per heavy atom. The van der Waals surface area contributed by atoms with Gasteiger partial charge in [-0.25, -0.2) is 0 Å². The van der Waals surface area contributed by atoms with Gasteiger partial charge in [-0.05, 0) is 43.4 Å². The number of thioether (sulfide) groups is 1. The van der Waals surface area contributed by atoms with Gasteiger partial charge in [0.15, 0.2) is 0 Å². The van der Waals surface area contributed by atoms with Crippen molar-refractivity contribution in [1.29, 1.82) is 0 Å². The Labute approximate surface area is 148 Å². The molecule has 2 saturated heterocycles. The van der Waals surface area contributed by atoms with Crippen molar-refractivity contribution in [3.63, 3.8) is 0 Å². The third kappa shape index (κ3) is 4.76. The number of aryl methyl sites for hydroxylation is 1. The molecule has 2 aliphatic rings. The smallest absolute Gasteiger partial charge is 0.235 e. The molecule has 0 radical (unpaired) electrons. The molecular weight excluding hydrogens is 320 g/mol. The van der Waals surface area contributed by atoms with Gasteiger partial charge in [0.2, 0.25) is 11.8 Å². The van der Waals surface area contributed by atoms with Crippen molar-refractivity contribution in [2.45, 2.75) is 49.8 Å². The summed E-state index contributed by atoms with van der Waals surface area (Å²) < 4.78 is 0. The molecule has 2 aliphatic heterocycles. The van der Waals surface area contributed by atoms with E-state index in [9.17, 15) is 9.59 Å². The van der Waals surface area contributed by atoms with E-state index in [2.05, 4.69) is 17.4 Å². The summed E-state index contributed by atoms with van der Waals surface area (Å²) in [5.74, 6) is 1.55. The minimum absolute atomic E-state index is 0.120. The molecule has 2 amide bonds. The summed E-state index contributed by atoms with van der Waals surface area (Å²) in [6, 6.07) is 10.3. The molecule has 130 valence electrons. The van der Waals surface area contributed by atoms with Gasteiger partial charge in [-0.15, -0.1) is 11.8 Å². The Hall–Kier alpha value is -1.49. The van der Waals surface area contributed by atoms with Crippen molar-refractivity contribution in [2.24, 2.45) is 0 Å². The Morgan fingerprint density at radius 3 is 2.54 bits per heavy atom. The molecule has 2 heterocycles. The summed E-state index contributed by atoms with van der Waals surface area (Å²) in [4.78, 5) is 26.5. The maximum absolute atomic E-state index is 12.4. The second kappa shape index (κ2) is 8.56. The van der Waals surface area contributed by atoms with E-state index >= 15 is 0 Å². The van der Waals surface area contributed by atoms with Gasteiger partial charge in [0.25, 0.3) is 0 Å². The number of carbonyl (C=O) groups is 2. The topological polar surface area (TPSA) is 49.4 Å². The van der Waals surface area contributed by atoms with E-state index in [1.165, 1.54) is 5.56 Å². The molecule has 0 aliphatic carbocycles. The van der Waals surface area contributed by atoms with Crippen LogP contribution in [0, 0.1) is 0 Å². The number of amides is 2. The highest BCUT2D eigenvalue weighted by Crippen LogP contribution is 2.28. The Bertz CT molecular complexity index is 550. The maximum atomic E-state index is 12.4. The predicted molar refractivity (Wildman–Crippen MR) is 98.0 cm³/mol. The lowest BCUT2D eigenvalue weighted by atomic mass is 10.0. The van der Waals surface area contributed by atoms with Gasteiger partial charge in [0, 0.05) is 25.6 Å². The summed E-state index contributed by atoms with van der Waals surface area (Å²) in [5, 5.41) is 3.32. The zero-order valence-corrected chi connectivity index (χ0v) is 14.9. The molecule has 1 aromatic rings. The molecule has 0 aromatic heterocycles. The Kier molecular flexibility index (Phi) is 6.18. The summed E-state index contributed by atoms with van der Waals surface area (Å²) in [5.41, 5.74) is 1.20. The fourth-order valence-electron chi connectivity index (χ4n) is 3.42. The second-order valence-electron chi connectivity index (χ2n) is 6.65. The molecule has 0 saturated carbocycles. The largest absolute Gasteiger partial charge is 0.353 e. The molecule has 0 bridgehead atoms. The van der Waals surface area contributed by atoms with E-state index in [-0.39, 0.29) is 17.2 Å². The van der Waals surface area contributed by atoms with Gasteiger partial charge in [-0.1, -0.05) is 30.3 Å². The highest BCUT2D eigenvalue weighted by molar-refractivity contribution is 8.00. The molecule has 2 fully saturated rings. The fraction of sp³-hybridized carbons (Fsp3) is 0.579. The van der Waals surface area contributed by atoms with Crippen molar-refractivity contribution < 1.29 is 9.59 Å². The van der Waals surface area contributed by atoms with Crippen LogP contribution >= 0.6 is 11.8 Å². The van der Waals surface area contributed by atoms with E-state index in [0.717, 1.165) is 50.9 Å². The van der Waals surface area contributed by atoms with Crippen LogP contribution in [0.25, 0.3) is 0 Å².